The van der Waals surface area contributed by atoms with Gasteiger partial charge in [-0.2, -0.15) is 4.31 Å². The molecule has 2 heterocycles. The smallest absolute Gasteiger partial charge is 0.244 e. The minimum atomic E-state index is -3.41. The molecule has 0 bridgehead atoms. The van der Waals surface area contributed by atoms with Gasteiger partial charge in [0.2, 0.25) is 15.9 Å². The molecule has 1 N–H and O–H groups in total. The van der Waals surface area contributed by atoms with Gasteiger partial charge in [0.05, 0.1) is 6.26 Å². The van der Waals surface area contributed by atoms with Gasteiger partial charge in [-0.3, -0.25) is 4.79 Å². The van der Waals surface area contributed by atoms with Crippen LogP contribution in [0.15, 0.2) is 30.5 Å². The van der Waals surface area contributed by atoms with Crippen molar-refractivity contribution in [3.05, 3.63) is 46.7 Å². The van der Waals surface area contributed by atoms with Crippen molar-refractivity contribution in [3.63, 3.8) is 0 Å². The molecule has 0 radical (unpaired) electrons. The lowest BCUT2D eigenvalue weighted by Crippen LogP contribution is -2.42. The number of aromatic nitrogens is 1. The number of halogens is 1. The molecule has 1 aliphatic heterocycles. The van der Waals surface area contributed by atoms with Gasteiger partial charge >= 0.3 is 0 Å². The van der Waals surface area contributed by atoms with E-state index in [9.17, 15) is 17.6 Å². The Hall–Kier alpha value is -1.84. The molecule has 1 aromatic carbocycles. The van der Waals surface area contributed by atoms with Crippen LogP contribution in [0.2, 0.25) is 0 Å². The first kappa shape index (κ1) is 18.0. The number of hydrogen-bond donors (Lipinski definition) is 1. The van der Waals surface area contributed by atoms with Crippen LogP contribution in [0.4, 0.5) is 9.52 Å². The number of thiazole rings is 1. The van der Waals surface area contributed by atoms with E-state index in [-0.39, 0.29) is 11.7 Å². The monoisotopic (exact) mass is 383 g/mol. The number of nitrogens with zero attached hydrogens (tertiary/aromatic N) is 2. The summed E-state index contributed by atoms with van der Waals surface area (Å²) < 4.78 is 37.9. The fourth-order valence-corrected chi connectivity index (χ4v) is 4.86. The summed E-state index contributed by atoms with van der Waals surface area (Å²) in [6, 6.07) is 5.63. The first-order chi connectivity index (χ1) is 11.8. The second-order valence-corrected chi connectivity index (χ2v) is 9.01. The van der Waals surface area contributed by atoms with Crippen molar-refractivity contribution in [2.45, 2.75) is 25.3 Å². The van der Waals surface area contributed by atoms with Crippen molar-refractivity contribution < 1.29 is 17.6 Å². The van der Waals surface area contributed by atoms with Crippen molar-refractivity contribution in [2.75, 3.05) is 18.1 Å². The fraction of sp³-hybridized carbons (Fsp3) is 0.375. The van der Waals surface area contributed by atoms with Crippen LogP contribution in [-0.4, -0.2) is 42.5 Å². The highest BCUT2D eigenvalue weighted by Crippen LogP contribution is 2.25. The minimum Gasteiger partial charge on any atom is -0.301 e. The first-order valence-corrected chi connectivity index (χ1v) is 10.5. The summed E-state index contributed by atoms with van der Waals surface area (Å²) in [5.74, 6) is -0.660. The molecule has 1 aliphatic rings. The SMILES string of the molecule is CS(=O)(=O)N1CCCC1C(=O)Nc1ncc(Cc2cccc(F)c2)s1. The van der Waals surface area contributed by atoms with Crippen molar-refractivity contribution in [3.8, 4) is 0 Å². The van der Waals surface area contributed by atoms with E-state index in [0.717, 1.165) is 16.7 Å². The molecule has 2 aromatic rings. The van der Waals surface area contributed by atoms with Gasteiger partial charge in [-0.05, 0) is 30.5 Å². The molecular formula is C16H18FN3O3S2. The third-order valence-electron chi connectivity index (χ3n) is 3.98. The third-order valence-corrected chi connectivity index (χ3v) is 6.19. The largest absolute Gasteiger partial charge is 0.301 e. The molecular weight excluding hydrogens is 365 g/mol. The summed E-state index contributed by atoms with van der Waals surface area (Å²) >= 11 is 1.30. The maximum atomic E-state index is 13.2. The summed E-state index contributed by atoms with van der Waals surface area (Å²) in [5, 5.41) is 3.11. The van der Waals surface area contributed by atoms with Crippen LogP contribution < -0.4 is 5.32 Å². The first-order valence-electron chi connectivity index (χ1n) is 7.80. The lowest BCUT2D eigenvalue weighted by atomic mass is 10.1. The summed E-state index contributed by atoms with van der Waals surface area (Å²) in [5.41, 5.74) is 0.820. The van der Waals surface area contributed by atoms with Crippen LogP contribution in [-0.2, 0) is 21.2 Å². The molecule has 1 amide bonds. The fourth-order valence-electron chi connectivity index (χ4n) is 2.88. The Bertz CT molecular complexity index is 882. The number of hydrogen-bond acceptors (Lipinski definition) is 5. The third kappa shape index (κ3) is 4.42. The number of carbonyl (C=O) groups excluding carboxylic acids is 1. The molecule has 25 heavy (non-hydrogen) atoms. The maximum Gasteiger partial charge on any atom is 0.244 e. The van der Waals surface area contributed by atoms with Crippen LogP contribution in [0.5, 0.6) is 0 Å². The van der Waals surface area contributed by atoms with Gasteiger partial charge in [0.15, 0.2) is 5.13 Å². The number of anilines is 1. The molecule has 3 rings (SSSR count). The number of rotatable bonds is 5. The normalized spacial score (nSPS) is 18.4. The van der Waals surface area contributed by atoms with Gasteiger partial charge in [-0.15, -0.1) is 11.3 Å². The van der Waals surface area contributed by atoms with E-state index in [0.29, 0.717) is 30.9 Å². The molecule has 9 heteroatoms. The molecule has 1 unspecified atom stereocenters. The maximum absolute atomic E-state index is 13.2. The Morgan fingerprint density at radius 2 is 2.28 bits per heavy atom. The second-order valence-electron chi connectivity index (χ2n) is 5.96. The summed E-state index contributed by atoms with van der Waals surface area (Å²) in [7, 11) is -3.41. The molecule has 0 aliphatic carbocycles. The average Bonchev–Trinajstić information content (AvgIpc) is 3.16. The van der Waals surface area contributed by atoms with E-state index in [2.05, 4.69) is 10.3 Å². The average molecular weight is 383 g/mol. The van der Waals surface area contributed by atoms with E-state index in [1.807, 2.05) is 6.07 Å². The predicted molar refractivity (Wildman–Crippen MR) is 94.5 cm³/mol. The molecule has 1 aromatic heterocycles. The zero-order valence-electron chi connectivity index (χ0n) is 13.6. The van der Waals surface area contributed by atoms with Gasteiger partial charge in [0.1, 0.15) is 11.9 Å². The quantitative estimate of drug-likeness (QED) is 0.859. The van der Waals surface area contributed by atoms with E-state index in [1.165, 1.54) is 27.8 Å². The Morgan fingerprint density at radius 3 is 3.00 bits per heavy atom. The molecule has 1 fully saturated rings. The number of sulfonamides is 1. The van der Waals surface area contributed by atoms with Crippen LogP contribution >= 0.6 is 11.3 Å². The van der Waals surface area contributed by atoms with Crippen LogP contribution in [0, 0.1) is 5.82 Å². The highest BCUT2D eigenvalue weighted by atomic mass is 32.2. The number of benzene rings is 1. The molecule has 6 nitrogen and oxygen atoms in total. The van der Waals surface area contributed by atoms with E-state index in [4.69, 9.17) is 0 Å². The molecule has 1 saturated heterocycles. The minimum absolute atomic E-state index is 0.294. The number of carbonyl (C=O) groups is 1. The van der Waals surface area contributed by atoms with Gasteiger partial charge in [-0.1, -0.05) is 12.1 Å². The zero-order chi connectivity index (χ0) is 18.0. The van der Waals surface area contributed by atoms with Gasteiger partial charge in [-0.25, -0.2) is 17.8 Å². The standard InChI is InChI=1S/C16H18FN3O3S2/c1-25(22,23)20-7-3-6-14(20)15(21)19-16-18-10-13(24-16)9-11-4-2-5-12(17)8-11/h2,4-5,8,10,14H,3,6-7,9H2,1H3,(H,18,19,21). The van der Waals surface area contributed by atoms with Crippen LogP contribution in [0.25, 0.3) is 0 Å². The van der Waals surface area contributed by atoms with Crippen molar-refractivity contribution in [1.82, 2.24) is 9.29 Å². The molecule has 0 saturated carbocycles. The molecule has 1 atom stereocenters. The Labute approximate surface area is 149 Å². The summed E-state index contributed by atoms with van der Waals surface area (Å²) in [6.45, 7) is 0.361. The lowest BCUT2D eigenvalue weighted by Gasteiger charge is -2.20. The zero-order valence-corrected chi connectivity index (χ0v) is 15.2. The van der Waals surface area contributed by atoms with Crippen molar-refractivity contribution >= 4 is 32.4 Å². The lowest BCUT2D eigenvalue weighted by molar-refractivity contribution is -0.119. The Balaban J connectivity index is 1.66. The van der Waals surface area contributed by atoms with E-state index < -0.39 is 16.1 Å². The van der Waals surface area contributed by atoms with Crippen molar-refractivity contribution in [2.24, 2.45) is 0 Å². The topological polar surface area (TPSA) is 79.4 Å². The summed E-state index contributed by atoms with van der Waals surface area (Å²) in [4.78, 5) is 17.4. The number of nitrogens with one attached hydrogen (secondary N) is 1. The van der Waals surface area contributed by atoms with Gasteiger partial charge in [0, 0.05) is 24.0 Å². The second kappa shape index (κ2) is 7.19. The van der Waals surface area contributed by atoms with Crippen LogP contribution in [0.3, 0.4) is 0 Å². The van der Waals surface area contributed by atoms with Crippen molar-refractivity contribution in [1.29, 1.82) is 0 Å². The highest BCUT2D eigenvalue weighted by molar-refractivity contribution is 7.88. The van der Waals surface area contributed by atoms with Gasteiger partial charge in [0.25, 0.3) is 0 Å². The molecule has 0 spiro atoms. The number of amides is 1. The summed E-state index contributed by atoms with van der Waals surface area (Å²) in [6.07, 6.45) is 4.42. The predicted octanol–water partition coefficient (Wildman–Crippen LogP) is 2.24. The molecule has 134 valence electrons. The van der Waals surface area contributed by atoms with Gasteiger partial charge < -0.3 is 5.32 Å². The Kier molecular flexibility index (Phi) is 5.16. The van der Waals surface area contributed by atoms with E-state index in [1.54, 1.807) is 12.3 Å². The highest BCUT2D eigenvalue weighted by Gasteiger charge is 2.36. The van der Waals surface area contributed by atoms with Crippen LogP contribution in [0.1, 0.15) is 23.3 Å². The Morgan fingerprint density at radius 1 is 1.48 bits per heavy atom. The van der Waals surface area contributed by atoms with E-state index >= 15 is 0 Å².